The Morgan fingerprint density at radius 1 is 0.971 bits per heavy atom. The number of hydrogen-bond acceptors (Lipinski definition) is 4. The van der Waals surface area contributed by atoms with Crippen LogP contribution in [0.15, 0.2) is 77.8 Å². The number of hydrogen-bond donors (Lipinski definition) is 4. The maximum Gasteiger partial charge on any atom is 0.247 e. The number of carbonyl (C=O) groups excluding carboxylic acids is 2. The molecule has 2 unspecified atom stereocenters. The number of benzene rings is 3. The number of amides is 2. The molecule has 178 valence electrons. The number of nitrogens with zero attached hydrogens (tertiary/aromatic N) is 2. The zero-order valence-corrected chi connectivity index (χ0v) is 19.4. The van der Waals surface area contributed by atoms with Crippen molar-refractivity contribution in [3.63, 3.8) is 0 Å². The van der Waals surface area contributed by atoms with Gasteiger partial charge in [0.15, 0.2) is 5.96 Å². The number of guanidine groups is 1. The molecule has 0 saturated heterocycles. The second kappa shape index (κ2) is 11.8. The summed E-state index contributed by atoms with van der Waals surface area (Å²) in [6.45, 7) is 0.361. The number of likely N-dealkylation sites (N-methyl/N-ethyl adjacent to an activating group) is 1. The summed E-state index contributed by atoms with van der Waals surface area (Å²) in [4.78, 5) is 31.8. The van der Waals surface area contributed by atoms with E-state index < -0.39 is 12.1 Å². The van der Waals surface area contributed by atoms with Gasteiger partial charge in [0.1, 0.15) is 6.04 Å². The minimum atomic E-state index is -0.763. The topological polar surface area (TPSA) is 140 Å². The van der Waals surface area contributed by atoms with Crippen LogP contribution >= 0.6 is 0 Å². The largest absolute Gasteiger partial charge is 0.370 e. The van der Waals surface area contributed by atoms with Crippen molar-refractivity contribution >= 4 is 34.2 Å². The van der Waals surface area contributed by atoms with Crippen LogP contribution in [0.25, 0.3) is 10.8 Å². The maximum atomic E-state index is 13.3. The molecule has 7 N–H and O–H groups in total. The maximum absolute atomic E-state index is 13.3. The summed E-state index contributed by atoms with van der Waals surface area (Å²) in [6, 6.07) is 21.7. The van der Waals surface area contributed by atoms with Gasteiger partial charge in [-0.3, -0.25) is 14.6 Å². The molecule has 3 aromatic carbocycles. The Balaban J connectivity index is 1.74. The van der Waals surface area contributed by atoms with Gasteiger partial charge in [-0.1, -0.05) is 60.7 Å². The van der Waals surface area contributed by atoms with E-state index in [9.17, 15) is 9.59 Å². The van der Waals surface area contributed by atoms with Crippen LogP contribution in [0.5, 0.6) is 0 Å². The highest BCUT2D eigenvalue weighted by atomic mass is 16.2. The molecule has 3 aromatic rings. The SMILES string of the molecule is CN(C(=O)C(N)Cc1ccccc1)C(CCCN=C(N)N)C(=O)Nc1ccc2ccccc2c1. The summed E-state index contributed by atoms with van der Waals surface area (Å²) in [7, 11) is 1.61. The van der Waals surface area contributed by atoms with Crippen molar-refractivity contribution in [1.29, 1.82) is 0 Å². The molecule has 0 radical (unpaired) electrons. The zero-order chi connectivity index (χ0) is 24.5. The normalized spacial score (nSPS) is 12.5. The van der Waals surface area contributed by atoms with Crippen molar-refractivity contribution in [3.05, 3.63) is 78.4 Å². The molecule has 0 aliphatic carbocycles. The summed E-state index contributed by atoms with van der Waals surface area (Å²) in [5.74, 6) is -0.599. The number of anilines is 1. The highest BCUT2D eigenvalue weighted by molar-refractivity contribution is 5.99. The second-order valence-corrected chi connectivity index (χ2v) is 8.26. The van der Waals surface area contributed by atoms with E-state index in [1.54, 1.807) is 7.05 Å². The molecule has 0 spiro atoms. The van der Waals surface area contributed by atoms with Crippen LogP contribution in [0.3, 0.4) is 0 Å². The first-order valence-electron chi connectivity index (χ1n) is 11.3. The average molecular weight is 461 g/mol. The molecular formula is C26H32N6O2. The molecule has 3 rings (SSSR count). The third-order valence-electron chi connectivity index (χ3n) is 5.68. The molecule has 0 fully saturated rings. The molecule has 0 aliphatic heterocycles. The van der Waals surface area contributed by atoms with Crippen molar-refractivity contribution in [2.75, 3.05) is 18.9 Å². The Labute approximate surface area is 199 Å². The predicted octanol–water partition coefficient (Wildman–Crippen LogP) is 2.23. The minimum absolute atomic E-state index is 0.00789. The number of nitrogens with two attached hydrogens (primary N) is 3. The second-order valence-electron chi connectivity index (χ2n) is 8.26. The first-order chi connectivity index (χ1) is 16.3. The quantitative estimate of drug-likeness (QED) is 0.209. The van der Waals surface area contributed by atoms with Gasteiger partial charge in [-0.2, -0.15) is 0 Å². The highest BCUT2D eigenvalue weighted by Crippen LogP contribution is 2.20. The fourth-order valence-corrected chi connectivity index (χ4v) is 3.86. The van der Waals surface area contributed by atoms with Gasteiger partial charge < -0.3 is 27.4 Å². The summed E-state index contributed by atoms with van der Waals surface area (Å²) in [6.07, 6.45) is 1.30. The van der Waals surface area contributed by atoms with Gasteiger partial charge >= 0.3 is 0 Å². The third kappa shape index (κ3) is 6.79. The van der Waals surface area contributed by atoms with Crippen LogP contribution in [0.4, 0.5) is 5.69 Å². The monoisotopic (exact) mass is 460 g/mol. The standard InChI is InChI=1S/C26H32N6O2/c1-32(25(34)22(27)16-18-8-3-2-4-9-18)23(12-7-15-30-26(28)29)24(33)31-21-14-13-19-10-5-6-11-20(19)17-21/h2-6,8-11,13-14,17,22-23H,7,12,15-16,27H2,1H3,(H,31,33)(H4,28,29,30). The minimum Gasteiger partial charge on any atom is -0.370 e. The Morgan fingerprint density at radius 2 is 1.65 bits per heavy atom. The van der Waals surface area contributed by atoms with E-state index in [1.807, 2.05) is 72.8 Å². The fraction of sp³-hybridized carbons (Fsp3) is 0.269. The van der Waals surface area contributed by atoms with Gasteiger partial charge in [0.25, 0.3) is 0 Å². The van der Waals surface area contributed by atoms with Crippen molar-refractivity contribution in [2.24, 2.45) is 22.2 Å². The molecule has 8 nitrogen and oxygen atoms in total. The number of fused-ring (bicyclic) bond motifs is 1. The van der Waals surface area contributed by atoms with Crippen LogP contribution in [0.2, 0.25) is 0 Å². The number of carbonyl (C=O) groups is 2. The molecule has 34 heavy (non-hydrogen) atoms. The molecule has 2 atom stereocenters. The van der Waals surface area contributed by atoms with Crippen molar-refractivity contribution in [3.8, 4) is 0 Å². The number of rotatable bonds is 10. The van der Waals surface area contributed by atoms with Crippen LogP contribution in [-0.2, 0) is 16.0 Å². The summed E-state index contributed by atoms with van der Waals surface area (Å²) < 4.78 is 0. The first-order valence-corrected chi connectivity index (χ1v) is 11.3. The van der Waals surface area contributed by atoms with Gasteiger partial charge in [-0.15, -0.1) is 0 Å². The molecule has 0 bridgehead atoms. The van der Waals surface area contributed by atoms with Crippen LogP contribution in [0.1, 0.15) is 18.4 Å². The van der Waals surface area contributed by atoms with Crippen LogP contribution in [0, 0.1) is 0 Å². The van der Waals surface area contributed by atoms with E-state index in [4.69, 9.17) is 17.2 Å². The fourth-order valence-electron chi connectivity index (χ4n) is 3.86. The van der Waals surface area contributed by atoms with Gasteiger partial charge in [-0.25, -0.2) is 0 Å². The van der Waals surface area contributed by atoms with Gasteiger partial charge in [0.05, 0.1) is 6.04 Å². The Kier molecular flexibility index (Phi) is 8.59. The molecule has 0 heterocycles. The predicted molar refractivity (Wildman–Crippen MR) is 137 cm³/mol. The Morgan fingerprint density at radius 3 is 2.35 bits per heavy atom. The molecule has 0 aliphatic rings. The van der Waals surface area contributed by atoms with Crippen molar-refractivity contribution < 1.29 is 9.59 Å². The third-order valence-corrected chi connectivity index (χ3v) is 5.68. The van der Waals surface area contributed by atoms with E-state index in [-0.39, 0.29) is 17.8 Å². The molecule has 2 amide bonds. The van der Waals surface area contributed by atoms with Crippen LogP contribution < -0.4 is 22.5 Å². The van der Waals surface area contributed by atoms with Crippen molar-refractivity contribution in [1.82, 2.24) is 4.90 Å². The highest BCUT2D eigenvalue weighted by Gasteiger charge is 2.29. The van der Waals surface area contributed by atoms with Crippen LogP contribution in [-0.4, -0.2) is 48.3 Å². The summed E-state index contributed by atoms with van der Waals surface area (Å²) in [5.41, 5.74) is 18.6. The van der Waals surface area contributed by atoms with E-state index >= 15 is 0 Å². The lowest BCUT2D eigenvalue weighted by molar-refractivity contribution is -0.138. The van der Waals surface area contributed by atoms with Crippen molar-refractivity contribution in [2.45, 2.75) is 31.3 Å². The van der Waals surface area contributed by atoms with Gasteiger partial charge in [0.2, 0.25) is 11.8 Å². The summed E-state index contributed by atoms with van der Waals surface area (Å²) >= 11 is 0. The average Bonchev–Trinajstić information content (AvgIpc) is 2.83. The molecular weight excluding hydrogens is 428 g/mol. The lowest BCUT2D eigenvalue weighted by atomic mass is 10.0. The molecule has 0 saturated carbocycles. The van der Waals surface area contributed by atoms with E-state index in [1.165, 1.54) is 4.90 Å². The van der Waals surface area contributed by atoms with Gasteiger partial charge in [0, 0.05) is 19.3 Å². The smallest absolute Gasteiger partial charge is 0.247 e. The van der Waals surface area contributed by atoms with Gasteiger partial charge in [-0.05, 0) is 47.7 Å². The van der Waals surface area contributed by atoms with E-state index in [0.29, 0.717) is 31.5 Å². The molecule has 8 heteroatoms. The lowest BCUT2D eigenvalue weighted by Gasteiger charge is -2.29. The summed E-state index contributed by atoms with van der Waals surface area (Å²) in [5, 5.41) is 5.04. The number of nitrogens with one attached hydrogen (secondary N) is 1. The first kappa shape index (κ1) is 24.7. The van der Waals surface area contributed by atoms with E-state index in [0.717, 1.165) is 16.3 Å². The molecule has 0 aromatic heterocycles. The van der Waals surface area contributed by atoms with E-state index in [2.05, 4.69) is 10.3 Å². The Hall–Kier alpha value is -3.91. The number of aliphatic imine (C=N–C) groups is 1. The Bertz CT molecular complexity index is 1140. The zero-order valence-electron chi connectivity index (χ0n) is 19.4. The lowest BCUT2D eigenvalue weighted by Crippen LogP contribution is -2.51.